The molecule has 4 heteroatoms. The Morgan fingerprint density at radius 1 is 1.67 bits per heavy atom. The summed E-state index contributed by atoms with van der Waals surface area (Å²) < 4.78 is 1.97. The Bertz CT molecular complexity index is 222. The molecule has 0 aromatic carbocycles. The van der Waals surface area contributed by atoms with Gasteiger partial charge in [0.1, 0.15) is 0 Å². The Kier molecular flexibility index (Phi) is 4.18. The lowest BCUT2D eigenvalue weighted by atomic mass is 10.5. The molecule has 0 saturated carbocycles. The summed E-state index contributed by atoms with van der Waals surface area (Å²) in [6.45, 7) is 3.88. The predicted molar refractivity (Wildman–Crippen MR) is 52.3 cm³/mol. The van der Waals surface area contributed by atoms with Crippen LogP contribution in [-0.2, 0) is 6.54 Å². The van der Waals surface area contributed by atoms with Gasteiger partial charge in [-0.2, -0.15) is 5.10 Å². The number of hydrogen-bond acceptors (Lipinski definition) is 3. The zero-order chi connectivity index (χ0) is 8.81. The van der Waals surface area contributed by atoms with E-state index in [1.54, 1.807) is 11.8 Å². The second kappa shape index (κ2) is 5.22. The molecule has 68 valence electrons. The minimum atomic E-state index is 0.726. The second-order valence-electron chi connectivity index (χ2n) is 2.58. The van der Waals surface area contributed by atoms with Crippen molar-refractivity contribution in [1.82, 2.24) is 9.78 Å². The highest BCUT2D eigenvalue weighted by molar-refractivity contribution is 7.99. The summed E-state index contributed by atoms with van der Waals surface area (Å²) in [4.78, 5) is 1.22. The van der Waals surface area contributed by atoms with Crippen molar-refractivity contribution in [3.8, 4) is 0 Å². The maximum Gasteiger partial charge on any atom is 0.0625 e. The van der Waals surface area contributed by atoms with Crippen LogP contribution in [0.2, 0.25) is 0 Å². The lowest BCUT2D eigenvalue weighted by molar-refractivity contribution is 0.602. The molecule has 3 nitrogen and oxygen atoms in total. The largest absolute Gasteiger partial charge is 0.330 e. The average molecular weight is 185 g/mol. The van der Waals surface area contributed by atoms with Gasteiger partial charge in [-0.3, -0.25) is 4.68 Å². The van der Waals surface area contributed by atoms with E-state index in [0.717, 1.165) is 25.3 Å². The van der Waals surface area contributed by atoms with Gasteiger partial charge in [-0.15, -0.1) is 11.8 Å². The number of nitrogens with zero attached hydrogens (tertiary/aromatic N) is 2. The molecule has 1 aromatic rings. The molecular formula is C8H15N3S. The molecule has 1 rings (SSSR count). The van der Waals surface area contributed by atoms with Crippen LogP contribution in [0.25, 0.3) is 0 Å². The van der Waals surface area contributed by atoms with Crippen LogP contribution >= 0.6 is 11.8 Å². The normalized spacial score (nSPS) is 10.5. The average Bonchev–Trinajstić information content (AvgIpc) is 2.50. The van der Waals surface area contributed by atoms with Crippen molar-refractivity contribution in [1.29, 1.82) is 0 Å². The van der Waals surface area contributed by atoms with Crippen LogP contribution in [0.15, 0.2) is 17.3 Å². The van der Waals surface area contributed by atoms with Gasteiger partial charge in [0.15, 0.2) is 0 Å². The van der Waals surface area contributed by atoms with E-state index in [9.17, 15) is 0 Å². The van der Waals surface area contributed by atoms with Crippen LogP contribution in [0, 0.1) is 0 Å². The summed E-state index contributed by atoms with van der Waals surface area (Å²) >= 11 is 1.76. The van der Waals surface area contributed by atoms with Gasteiger partial charge in [0.2, 0.25) is 0 Å². The van der Waals surface area contributed by atoms with Crippen LogP contribution in [-0.4, -0.2) is 22.1 Å². The first-order valence-electron chi connectivity index (χ1n) is 4.22. The predicted octanol–water partition coefficient (Wildman–Crippen LogP) is 1.34. The standard InChI is InChI=1S/C8H15N3S/c1-2-4-11-7-8(6-10-11)12-5-3-9/h6-7H,2-5,9H2,1H3. The fraction of sp³-hybridized carbons (Fsp3) is 0.625. The molecule has 0 fully saturated rings. The van der Waals surface area contributed by atoms with Gasteiger partial charge in [0.25, 0.3) is 0 Å². The molecule has 1 aromatic heterocycles. The smallest absolute Gasteiger partial charge is 0.0625 e. The molecule has 0 amide bonds. The first-order valence-corrected chi connectivity index (χ1v) is 5.20. The summed E-state index contributed by atoms with van der Waals surface area (Å²) in [6, 6.07) is 0. The molecule has 0 radical (unpaired) electrons. The maximum absolute atomic E-state index is 5.39. The Morgan fingerprint density at radius 2 is 2.50 bits per heavy atom. The third-order valence-corrected chi connectivity index (χ3v) is 2.43. The Labute approximate surface area is 77.3 Å². The Balaban J connectivity index is 2.41. The second-order valence-corrected chi connectivity index (χ2v) is 3.74. The molecular weight excluding hydrogens is 170 g/mol. The van der Waals surface area contributed by atoms with Gasteiger partial charge >= 0.3 is 0 Å². The zero-order valence-corrected chi connectivity index (χ0v) is 8.18. The van der Waals surface area contributed by atoms with Gasteiger partial charge in [0.05, 0.1) is 6.20 Å². The summed E-state index contributed by atoms with van der Waals surface area (Å²) in [7, 11) is 0. The summed E-state index contributed by atoms with van der Waals surface area (Å²) in [5.41, 5.74) is 5.39. The van der Waals surface area contributed by atoms with Crippen molar-refractivity contribution in [2.75, 3.05) is 12.3 Å². The van der Waals surface area contributed by atoms with E-state index < -0.39 is 0 Å². The summed E-state index contributed by atoms with van der Waals surface area (Å²) in [5, 5.41) is 4.21. The number of aryl methyl sites for hydroxylation is 1. The molecule has 0 aliphatic heterocycles. The molecule has 0 aliphatic rings. The van der Waals surface area contributed by atoms with E-state index in [2.05, 4.69) is 18.2 Å². The van der Waals surface area contributed by atoms with E-state index in [-0.39, 0.29) is 0 Å². The quantitative estimate of drug-likeness (QED) is 0.704. The van der Waals surface area contributed by atoms with Crippen molar-refractivity contribution < 1.29 is 0 Å². The monoisotopic (exact) mass is 185 g/mol. The van der Waals surface area contributed by atoms with Gasteiger partial charge < -0.3 is 5.73 Å². The van der Waals surface area contributed by atoms with Gasteiger partial charge in [0, 0.05) is 29.9 Å². The van der Waals surface area contributed by atoms with Crippen LogP contribution < -0.4 is 5.73 Å². The highest BCUT2D eigenvalue weighted by Gasteiger charge is 1.96. The minimum absolute atomic E-state index is 0.726. The Hall–Kier alpha value is -0.480. The lowest BCUT2D eigenvalue weighted by Crippen LogP contribution is -2.00. The maximum atomic E-state index is 5.39. The summed E-state index contributed by atoms with van der Waals surface area (Å²) in [6.07, 6.45) is 5.10. The molecule has 12 heavy (non-hydrogen) atoms. The molecule has 0 atom stereocenters. The molecule has 0 spiro atoms. The van der Waals surface area contributed by atoms with Crippen LogP contribution in [0.5, 0.6) is 0 Å². The van der Waals surface area contributed by atoms with E-state index >= 15 is 0 Å². The number of thioether (sulfide) groups is 1. The number of nitrogens with two attached hydrogens (primary N) is 1. The minimum Gasteiger partial charge on any atom is -0.330 e. The third kappa shape index (κ3) is 2.87. The van der Waals surface area contributed by atoms with Crippen molar-refractivity contribution >= 4 is 11.8 Å². The van der Waals surface area contributed by atoms with Crippen LogP contribution in [0.1, 0.15) is 13.3 Å². The van der Waals surface area contributed by atoms with E-state index in [0.29, 0.717) is 0 Å². The highest BCUT2D eigenvalue weighted by atomic mass is 32.2. The van der Waals surface area contributed by atoms with Gasteiger partial charge in [-0.25, -0.2) is 0 Å². The van der Waals surface area contributed by atoms with Crippen LogP contribution in [0.3, 0.4) is 0 Å². The molecule has 0 aliphatic carbocycles. The van der Waals surface area contributed by atoms with Crippen molar-refractivity contribution in [2.45, 2.75) is 24.8 Å². The summed E-state index contributed by atoms with van der Waals surface area (Å²) in [5.74, 6) is 0.970. The van der Waals surface area contributed by atoms with Gasteiger partial charge in [-0.1, -0.05) is 6.92 Å². The number of aromatic nitrogens is 2. The number of rotatable bonds is 5. The fourth-order valence-electron chi connectivity index (χ4n) is 0.947. The third-order valence-electron chi connectivity index (χ3n) is 1.45. The van der Waals surface area contributed by atoms with Crippen LogP contribution in [0.4, 0.5) is 0 Å². The molecule has 1 heterocycles. The number of hydrogen-bond donors (Lipinski definition) is 1. The Morgan fingerprint density at radius 3 is 3.17 bits per heavy atom. The van der Waals surface area contributed by atoms with Crippen molar-refractivity contribution in [2.24, 2.45) is 5.73 Å². The van der Waals surface area contributed by atoms with Gasteiger partial charge in [-0.05, 0) is 6.42 Å². The highest BCUT2D eigenvalue weighted by Crippen LogP contribution is 2.15. The molecule has 2 N–H and O–H groups in total. The molecule has 0 unspecified atom stereocenters. The van der Waals surface area contributed by atoms with Crippen molar-refractivity contribution in [3.63, 3.8) is 0 Å². The SMILES string of the molecule is CCCn1cc(SCCN)cn1. The topological polar surface area (TPSA) is 43.8 Å². The van der Waals surface area contributed by atoms with E-state index in [1.807, 2.05) is 10.9 Å². The molecule has 0 bridgehead atoms. The van der Waals surface area contributed by atoms with E-state index in [1.165, 1.54) is 4.90 Å². The lowest BCUT2D eigenvalue weighted by Gasteiger charge is -1.95. The fourth-order valence-corrected chi connectivity index (χ4v) is 1.62. The first kappa shape index (κ1) is 9.61. The zero-order valence-electron chi connectivity index (χ0n) is 7.36. The van der Waals surface area contributed by atoms with Crippen molar-refractivity contribution in [3.05, 3.63) is 12.4 Å². The first-order chi connectivity index (χ1) is 5.86. The van der Waals surface area contributed by atoms with E-state index in [4.69, 9.17) is 5.73 Å². The molecule has 0 saturated heterocycles.